The predicted octanol–water partition coefficient (Wildman–Crippen LogP) is 2.48. The second kappa shape index (κ2) is 4.43. The summed E-state index contributed by atoms with van der Waals surface area (Å²) in [5.74, 6) is 0. The van der Waals surface area contributed by atoms with Gasteiger partial charge in [-0.3, -0.25) is 4.98 Å². The number of hydrogen-bond donors (Lipinski definition) is 1. The molecule has 1 heterocycles. The van der Waals surface area contributed by atoms with Crippen LogP contribution in [-0.2, 0) is 10.3 Å². The second-order valence-corrected chi connectivity index (χ2v) is 4.43. The summed E-state index contributed by atoms with van der Waals surface area (Å²) >= 11 is 0. The highest BCUT2D eigenvalue weighted by Gasteiger charge is 2.32. The van der Waals surface area contributed by atoms with Crippen LogP contribution >= 0.6 is 0 Å². The van der Waals surface area contributed by atoms with E-state index in [9.17, 15) is 5.11 Å². The van der Waals surface area contributed by atoms with E-state index in [4.69, 9.17) is 4.74 Å². The molecule has 17 heavy (non-hydrogen) atoms. The second-order valence-electron chi connectivity index (χ2n) is 4.43. The highest BCUT2D eigenvalue weighted by molar-refractivity contribution is 5.85. The van der Waals surface area contributed by atoms with Gasteiger partial charge in [-0.25, -0.2) is 0 Å². The highest BCUT2D eigenvalue weighted by Crippen LogP contribution is 2.31. The number of ether oxygens (including phenoxy) is 1. The molecule has 0 aliphatic rings. The van der Waals surface area contributed by atoms with Crippen molar-refractivity contribution in [1.82, 2.24) is 4.98 Å². The molecule has 1 aromatic carbocycles. The molecule has 0 saturated carbocycles. The average Bonchev–Trinajstić information content (AvgIpc) is 2.37. The Balaban J connectivity index is 2.63. The number of methoxy groups -OCH3 is 1. The standard InChI is InChI=1S/C14H17NO2/c1-10(17-3)14(2,16)13-9-15-8-11-6-4-5-7-12(11)13/h4-10,16H,1-3H3. The molecule has 2 unspecified atom stereocenters. The quantitative estimate of drug-likeness (QED) is 0.882. The summed E-state index contributed by atoms with van der Waals surface area (Å²) in [5, 5.41) is 12.6. The van der Waals surface area contributed by atoms with Crippen molar-refractivity contribution in [3.8, 4) is 0 Å². The first-order chi connectivity index (χ1) is 8.07. The molecule has 1 aromatic heterocycles. The molecule has 3 nitrogen and oxygen atoms in total. The van der Waals surface area contributed by atoms with Crippen LogP contribution in [0.3, 0.4) is 0 Å². The lowest BCUT2D eigenvalue weighted by Gasteiger charge is -2.30. The Morgan fingerprint density at radius 3 is 2.71 bits per heavy atom. The van der Waals surface area contributed by atoms with Crippen molar-refractivity contribution < 1.29 is 9.84 Å². The van der Waals surface area contributed by atoms with Crippen LogP contribution in [0, 0.1) is 0 Å². The van der Waals surface area contributed by atoms with Crippen molar-refractivity contribution in [1.29, 1.82) is 0 Å². The van der Waals surface area contributed by atoms with Gasteiger partial charge in [0.2, 0.25) is 0 Å². The number of hydrogen-bond acceptors (Lipinski definition) is 3. The maximum atomic E-state index is 10.6. The van der Waals surface area contributed by atoms with Crippen molar-refractivity contribution >= 4 is 10.8 Å². The number of nitrogens with zero attached hydrogens (tertiary/aromatic N) is 1. The molecule has 0 aliphatic heterocycles. The van der Waals surface area contributed by atoms with Crippen LogP contribution in [-0.4, -0.2) is 23.3 Å². The highest BCUT2D eigenvalue weighted by atomic mass is 16.5. The number of pyridine rings is 1. The maximum Gasteiger partial charge on any atom is 0.115 e. The minimum Gasteiger partial charge on any atom is -0.383 e. The predicted molar refractivity (Wildman–Crippen MR) is 67.8 cm³/mol. The summed E-state index contributed by atoms with van der Waals surface area (Å²) in [5.41, 5.74) is -0.257. The summed E-state index contributed by atoms with van der Waals surface area (Å²) < 4.78 is 5.24. The van der Waals surface area contributed by atoms with Crippen LogP contribution in [0.4, 0.5) is 0 Å². The van der Waals surface area contributed by atoms with Gasteiger partial charge < -0.3 is 9.84 Å². The van der Waals surface area contributed by atoms with Crippen molar-refractivity contribution in [2.75, 3.05) is 7.11 Å². The summed E-state index contributed by atoms with van der Waals surface area (Å²) in [6.07, 6.45) is 3.21. The molecule has 2 aromatic rings. The molecule has 90 valence electrons. The fourth-order valence-corrected chi connectivity index (χ4v) is 1.97. The molecule has 0 spiro atoms. The number of aromatic nitrogens is 1. The third-order valence-electron chi connectivity index (χ3n) is 3.36. The molecule has 2 atom stereocenters. The lowest BCUT2D eigenvalue weighted by atomic mass is 9.89. The van der Waals surface area contributed by atoms with Gasteiger partial charge in [-0.2, -0.15) is 0 Å². The topological polar surface area (TPSA) is 42.4 Å². The Hall–Kier alpha value is -1.45. The number of rotatable bonds is 3. The van der Waals surface area contributed by atoms with E-state index in [1.807, 2.05) is 31.2 Å². The van der Waals surface area contributed by atoms with E-state index in [1.54, 1.807) is 26.4 Å². The molecular weight excluding hydrogens is 214 g/mol. The van der Waals surface area contributed by atoms with Crippen molar-refractivity contribution in [3.05, 3.63) is 42.2 Å². The van der Waals surface area contributed by atoms with Crippen molar-refractivity contribution in [2.45, 2.75) is 25.6 Å². The fourth-order valence-electron chi connectivity index (χ4n) is 1.97. The first-order valence-electron chi connectivity index (χ1n) is 5.65. The van der Waals surface area contributed by atoms with Crippen molar-refractivity contribution in [2.24, 2.45) is 0 Å². The molecule has 2 rings (SSSR count). The van der Waals surface area contributed by atoms with E-state index < -0.39 is 5.60 Å². The van der Waals surface area contributed by atoms with Gasteiger partial charge in [0.25, 0.3) is 0 Å². The smallest absolute Gasteiger partial charge is 0.115 e. The van der Waals surface area contributed by atoms with Crippen LogP contribution in [0.1, 0.15) is 19.4 Å². The minimum absolute atomic E-state index is 0.296. The summed E-state index contributed by atoms with van der Waals surface area (Å²) in [4.78, 5) is 4.18. The van der Waals surface area contributed by atoms with E-state index >= 15 is 0 Å². The first-order valence-corrected chi connectivity index (χ1v) is 5.65. The van der Waals surface area contributed by atoms with Crippen molar-refractivity contribution in [3.63, 3.8) is 0 Å². The van der Waals surface area contributed by atoms with E-state index in [0.29, 0.717) is 0 Å². The molecule has 1 N–H and O–H groups in total. The van der Waals surface area contributed by atoms with E-state index in [-0.39, 0.29) is 6.10 Å². The molecular formula is C14H17NO2. The van der Waals surface area contributed by atoms with Crippen LogP contribution in [0.15, 0.2) is 36.7 Å². The molecule has 0 aliphatic carbocycles. The first kappa shape index (κ1) is 12.0. The Morgan fingerprint density at radius 1 is 1.29 bits per heavy atom. The Bertz CT molecular complexity index is 517. The van der Waals surface area contributed by atoms with Crippen LogP contribution in [0.5, 0.6) is 0 Å². The zero-order valence-electron chi connectivity index (χ0n) is 10.3. The van der Waals surface area contributed by atoms with Crippen LogP contribution in [0.25, 0.3) is 10.8 Å². The largest absolute Gasteiger partial charge is 0.383 e. The molecule has 0 amide bonds. The van der Waals surface area contributed by atoms with E-state index in [1.165, 1.54) is 0 Å². The van der Waals surface area contributed by atoms with Gasteiger partial charge in [-0.05, 0) is 19.2 Å². The summed E-state index contributed by atoms with van der Waals surface area (Å²) in [7, 11) is 1.59. The van der Waals surface area contributed by atoms with Gasteiger partial charge >= 0.3 is 0 Å². The molecule has 3 heteroatoms. The SMILES string of the molecule is COC(C)C(C)(O)c1cncc2ccccc12. The van der Waals surface area contributed by atoms with Crippen LogP contribution in [0.2, 0.25) is 0 Å². The Morgan fingerprint density at radius 2 is 2.00 bits per heavy atom. The number of aliphatic hydroxyl groups is 1. The maximum absolute atomic E-state index is 10.6. The average molecular weight is 231 g/mol. The molecule has 0 fully saturated rings. The normalized spacial score (nSPS) is 16.7. The molecule has 0 bridgehead atoms. The molecule has 0 saturated heterocycles. The number of fused-ring (bicyclic) bond motifs is 1. The van der Waals surface area contributed by atoms with Gasteiger partial charge in [0, 0.05) is 30.5 Å². The Labute approximate surface area is 101 Å². The third kappa shape index (κ3) is 2.04. The summed E-state index contributed by atoms with van der Waals surface area (Å²) in [6.45, 7) is 3.60. The lowest BCUT2D eigenvalue weighted by Crippen LogP contribution is -2.36. The van der Waals surface area contributed by atoms with E-state index in [0.717, 1.165) is 16.3 Å². The third-order valence-corrected chi connectivity index (χ3v) is 3.36. The van der Waals surface area contributed by atoms with Gasteiger partial charge in [0.15, 0.2) is 0 Å². The lowest BCUT2D eigenvalue weighted by molar-refractivity contribution is -0.0764. The zero-order valence-corrected chi connectivity index (χ0v) is 10.3. The van der Waals surface area contributed by atoms with Crippen LogP contribution < -0.4 is 0 Å². The van der Waals surface area contributed by atoms with E-state index in [2.05, 4.69) is 4.98 Å². The Kier molecular flexibility index (Phi) is 3.13. The minimum atomic E-state index is -1.05. The molecule has 0 radical (unpaired) electrons. The van der Waals surface area contributed by atoms with Gasteiger partial charge in [0.1, 0.15) is 5.60 Å². The zero-order chi connectivity index (χ0) is 12.5. The van der Waals surface area contributed by atoms with Gasteiger partial charge in [-0.15, -0.1) is 0 Å². The number of benzene rings is 1. The van der Waals surface area contributed by atoms with Gasteiger partial charge in [0.05, 0.1) is 6.10 Å². The monoisotopic (exact) mass is 231 g/mol. The fraction of sp³-hybridized carbons (Fsp3) is 0.357. The summed E-state index contributed by atoms with van der Waals surface area (Å²) in [6, 6.07) is 7.89. The van der Waals surface area contributed by atoms with Gasteiger partial charge in [-0.1, -0.05) is 24.3 Å².